The first-order chi connectivity index (χ1) is 17.6. The summed E-state index contributed by atoms with van der Waals surface area (Å²) in [5, 5.41) is 2.08. The van der Waals surface area contributed by atoms with Crippen LogP contribution in [-0.4, -0.2) is 42.1 Å². The molecule has 0 atom stereocenters. The van der Waals surface area contributed by atoms with Crippen molar-refractivity contribution in [3.63, 3.8) is 0 Å². The summed E-state index contributed by atoms with van der Waals surface area (Å²) in [4.78, 5) is 15.1. The second kappa shape index (κ2) is 11.3. The van der Waals surface area contributed by atoms with Gasteiger partial charge in [0.05, 0.1) is 10.0 Å². The Labute approximate surface area is 229 Å². The van der Waals surface area contributed by atoms with E-state index < -0.39 is 39.9 Å². The number of hydrogen-bond acceptors (Lipinski definition) is 4. The van der Waals surface area contributed by atoms with Gasteiger partial charge in [-0.2, -0.15) is 0 Å². The van der Waals surface area contributed by atoms with Gasteiger partial charge in [0.2, 0.25) is 5.91 Å². The van der Waals surface area contributed by atoms with E-state index in [1.54, 1.807) is 35.2 Å². The van der Waals surface area contributed by atoms with Gasteiger partial charge in [0.15, 0.2) is 28.4 Å². The van der Waals surface area contributed by atoms with E-state index in [-0.39, 0.29) is 31.3 Å². The minimum atomic E-state index is -1.66. The third-order valence-corrected chi connectivity index (χ3v) is 7.05. The van der Waals surface area contributed by atoms with Gasteiger partial charge in [-0.3, -0.25) is 10.1 Å². The number of halogens is 7. The third kappa shape index (κ3) is 5.72. The van der Waals surface area contributed by atoms with Crippen LogP contribution in [0.2, 0.25) is 15.1 Å². The topological polar surface area (TPSA) is 48.7 Å². The Bertz CT molecular complexity index is 1380. The summed E-state index contributed by atoms with van der Waals surface area (Å²) < 4.78 is 61.8. The van der Waals surface area contributed by atoms with Crippen molar-refractivity contribution in [3.05, 3.63) is 80.5 Å². The summed E-state index contributed by atoms with van der Waals surface area (Å²) in [7, 11) is 0. The average molecular weight is 593 g/mol. The smallest absolute Gasteiger partial charge is 0.250 e. The molecule has 194 valence electrons. The van der Waals surface area contributed by atoms with Crippen molar-refractivity contribution in [2.45, 2.75) is 0 Å². The molecule has 3 aromatic rings. The van der Waals surface area contributed by atoms with Crippen molar-refractivity contribution in [2.75, 3.05) is 31.1 Å². The summed E-state index contributed by atoms with van der Waals surface area (Å²) in [6.45, 7) is 0.244. The number of hydrogen-bond donors (Lipinski definition) is 1. The molecule has 0 radical (unpaired) electrons. The fourth-order valence-corrected chi connectivity index (χ4v) is 4.51. The highest BCUT2D eigenvalue weighted by Crippen LogP contribution is 2.35. The number of carbonyl (C=O) groups excluding carboxylic acids is 1. The van der Waals surface area contributed by atoms with Gasteiger partial charge in [-0.05, 0) is 42.6 Å². The van der Waals surface area contributed by atoms with Gasteiger partial charge >= 0.3 is 0 Å². The van der Waals surface area contributed by atoms with Crippen LogP contribution in [0.5, 0.6) is 0 Å². The van der Waals surface area contributed by atoms with Crippen LogP contribution in [0.3, 0.4) is 0 Å². The largest absolute Gasteiger partial charge is 0.457 e. The first kappa shape index (κ1) is 27.3. The van der Waals surface area contributed by atoms with Crippen LogP contribution in [-0.2, 0) is 4.79 Å². The maximum atomic E-state index is 14.2. The molecule has 5 nitrogen and oxygen atoms in total. The SMILES string of the molecule is O=C(/C=C/c1ccc(-c2cccc(Cl)c2Cl)o1)NC(=S)N1CCN(c2c(F)c(F)c(Cl)c(F)c2F)CC1. The van der Waals surface area contributed by atoms with E-state index >= 15 is 0 Å². The number of furan rings is 1. The standard InChI is InChI=1S/C24H16Cl3F4N3O2S/c25-14-3-1-2-13(17(14)26)15-6-4-12(36-15)5-7-16(35)32-24(37)34-10-8-33(9-11-34)23-21(30)19(28)18(27)20(29)22(23)31/h1-7H,8-11H2,(H,32,35,37)/b7-5+. The van der Waals surface area contributed by atoms with Crippen LogP contribution in [0.4, 0.5) is 23.2 Å². The first-order valence-electron chi connectivity index (χ1n) is 10.7. The molecular weight excluding hydrogens is 577 g/mol. The predicted molar refractivity (Wildman–Crippen MR) is 139 cm³/mol. The van der Waals surface area contributed by atoms with Gasteiger partial charge in [-0.1, -0.05) is 40.9 Å². The van der Waals surface area contributed by atoms with E-state index in [0.717, 1.165) is 4.90 Å². The number of amides is 1. The average Bonchev–Trinajstić information content (AvgIpc) is 3.36. The number of benzene rings is 2. The molecule has 1 N–H and O–H groups in total. The highest BCUT2D eigenvalue weighted by Gasteiger charge is 2.30. The molecule has 37 heavy (non-hydrogen) atoms. The van der Waals surface area contributed by atoms with E-state index in [0.29, 0.717) is 27.1 Å². The quantitative estimate of drug-likeness (QED) is 0.120. The molecule has 1 aliphatic rings. The molecule has 0 spiro atoms. The molecule has 1 saturated heterocycles. The summed E-state index contributed by atoms with van der Waals surface area (Å²) >= 11 is 22.8. The van der Waals surface area contributed by atoms with E-state index in [1.165, 1.54) is 12.2 Å². The molecule has 4 rings (SSSR count). The number of carbonyl (C=O) groups is 1. The van der Waals surface area contributed by atoms with Gasteiger partial charge in [0.25, 0.3) is 0 Å². The first-order valence-corrected chi connectivity index (χ1v) is 12.2. The van der Waals surface area contributed by atoms with E-state index in [1.807, 2.05) is 0 Å². The lowest BCUT2D eigenvalue weighted by molar-refractivity contribution is -0.115. The van der Waals surface area contributed by atoms with Crippen LogP contribution in [0, 0.1) is 23.3 Å². The van der Waals surface area contributed by atoms with Crippen LogP contribution >= 0.6 is 47.0 Å². The highest BCUT2D eigenvalue weighted by molar-refractivity contribution is 7.80. The van der Waals surface area contributed by atoms with E-state index in [2.05, 4.69) is 5.32 Å². The minimum absolute atomic E-state index is 0.0125. The molecule has 13 heteroatoms. The van der Waals surface area contributed by atoms with Gasteiger partial charge in [-0.15, -0.1) is 0 Å². The lowest BCUT2D eigenvalue weighted by Gasteiger charge is -2.37. The Balaban J connectivity index is 1.34. The van der Waals surface area contributed by atoms with Gasteiger partial charge in [0, 0.05) is 37.8 Å². The Kier molecular flexibility index (Phi) is 8.33. The summed E-state index contributed by atoms with van der Waals surface area (Å²) in [5.74, 6) is -6.15. The monoisotopic (exact) mass is 591 g/mol. The normalized spacial score (nSPS) is 13.9. The van der Waals surface area contributed by atoms with Crippen molar-refractivity contribution in [1.29, 1.82) is 0 Å². The highest BCUT2D eigenvalue weighted by atomic mass is 35.5. The molecule has 1 aromatic heterocycles. The lowest BCUT2D eigenvalue weighted by atomic mass is 10.2. The molecule has 0 aliphatic carbocycles. The zero-order valence-electron chi connectivity index (χ0n) is 18.6. The molecule has 2 heterocycles. The Morgan fingerprint density at radius 2 is 1.57 bits per heavy atom. The van der Waals surface area contributed by atoms with Crippen molar-refractivity contribution in [3.8, 4) is 11.3 Å². The van der Waals surface area contributed by atoms with Crippen LogP contribution < -0.4 is 10.2 Å². The molecule has 1 amide bonds. The van der Waals surface area contributed by atoms with Crippen molar-refractivity contribution in [2.24, 2.45) is 0 Å². The summed E-state index contributed by atoms with van der Waals surface area (Å²) in [6, 6.07) is 8.46. The Morgan fingerprint density at radius 3 is 2.22 bits per heavy atom. The van der Waals surface area contributed by atoms with Gasteiger partial charge < -0.3 is 14.2 Å². The number of anilines is 1. The molecule has 0 saturated carbocycles. The van der Waals surface area contributed by atoms with Crippen molar-refractivity contribution < 1.29 is 26.8 Å². The number of thiocarbonyl (C=S) groups is 1. The molecule has 0 bridgehead atoms. The summed E-state index contributed by atoms with van der Waals surface area (Å²) in [5.41, 5.74) is -0.240. The van der Waals surface area contributed by atoms with Crippen LogP contribution in [0.25, 0.3) is 17.4 Å². The zero-order valence-corrected chi connectivity index (χ0v) is 21.7. The molecule has 1 aliphatic heterocycles. The number of piperazine rings is 1. The Morgan fingerprint density at radius 1 is 0.919 bits per heavy atom. The maximum Gasteiger partial charge on any atom is 0.250 e. The zero-order chi connectivity index (χ0) is 26.9. The fourth-order valence-electron chi connectivity index (χ4n) is 3.67. The molecule has 0 unspecified atom stereocenters. The van der Waals surface area contributed by atoms with Crippen LogP contribution in [0.15, 0.2) is 40.8 Å². The van der Waals surface area contributed by atoms with Crippen molar-refractivity contribution >= 4 is 69.8 Å². The van der Waals surface area contributed by atoms with Crippen molar-refractivity contribution in [1.82, 2.24) is 10.2 Å². The number of nitrogens with one attached hydrogen (secondary N) is 1. The third-order valence-electron chi connectivity index (χ3n) is 5.54. The second-order valence-electron chi connectivity index (χ2n) is 7.82. The van der Waals surface area contributed by atoms with Crippen LogP contribution in [0.1, 0.15) is 5.76 Å². The number of rotatable bonds is 4. The maximum absolute atomic E-state index is 14.2. The number of nitrogens with zero attached hydrogens (tertiary/aromatic N) is 2. The summed E-state index contributed by atoms with van der Waals surface area (Å²) in [6.07, 6.45) is 2.65. The Hall–Kier alpha value is -2.79. The lowest BCUT2D eigenvalue weighted by Crippen LogP contribution is -2.53. The fraction of sp³-hybridized carbons (Fsp3) is 0.167. The van der Waals surface area contributed by atoms with Gasteiger partial charge in [-0.25, -0.2) is 17.6 Å². The minimum Gasteiger partial charge on any atom is -0.457 e. The molecule has 1 fully saturated rings. The second-order valence-corrected chi connectivity index (χ2v) is 9.37. The van der Waals surface area contributed by atoms with Gasteiger partial charge in [0.1, 0.15) is 22.2 Å². The predicted octanol–water partition coefficient (Wildman–Crippen LogP) is 6.70. The molecular formula is C24H16Cl3F4N3O2S. The molecule has 2 aromatic carbocycles. The van der Waals surface area contributed by atoms with E-state index in [9.17, 15) is 22.4 Å². The van der Waals surface area contributed by atoms with E-state index in [4.69, 9.17) is 51.4 Å².